The molecule has 0 bridgehead atoms. The van der Waals surface area contributed by atoms with Crippen LogP contribution in [0.1, 0.15) is 18.4 Å². The number of ketones is 1. The molecule has 0 saturated carbocycles. The molecular formula is C15H17N3O. The van der Waals surface area contributed by atoms with Gasteiger partial charge in [-0.15, -0.1) is 0 Å². The summed E-state index contributed by atoms with van der Waals surface area (Å²) in [4.78, 5) is 13.4. The van der Waals surface area contributed by atoms with E-state index < -0.39 is 0 Å². The van der Waals surface area contributed by atoms with Crippen molar-refractivity contribution >= 4 is 11.6 Å². The fraction of sp³-hybridized carbons (Fsp3) is 0.333. The van der Waals surface area contributed by atoms with Crippen LogP contribution in [0.5, 0.6) is 0 Å². The lowest BCUT2D eigenvalue weighted by atomic mass is 10.1. The van der Waals surface area contributed by atoms with E-state index in [2.05, 4.69) is 22.1 Å². The standard InChI is InChI=1S/C15H17N3O/c19-14-6-9-17(10-7-14)15-8-11-18(16-15)12-13-4-2-1-3-5-13/h1-5,8,11H,6-7,9-10,12H2. The molecule has 0 amide bonds. The predicted molar refractivity (Wildman–Crippen MR) is 74.2 cm³/mol. The maximum absolute atomic E-state index is 11.2. The zero-order chi connectivity index (χ0) is 13.1. The van der Waals surface area contributed by atoms with Crippen molar-refractivity contribution in [3.05, 3.63) is 48.2 Å². The second-order valence-electron chi connectivity index (χ2n) is 4.88. The van der Waals surface area contributed by atoms with Gasteiger partial charge in [0, 0.05) is 38.2 Å². The summed E-state index contributed by atoms with van der Waals surface area (Å²) in [6.45, 7) is 2.37. The fourth-order valence-electron chi connectivity index (χ4n) is 2.36. The molecule has 3 rings (SSSR count). The predicted octanol–water partition coefficient (Wildman–Crippen LogP) is 2.10. The van der Waals surface area contributed by atoms with Crippen molar-refractivity contribution in [2.24, 2.45) is 0 Å². The summed E-state index contributed by atoms with van der Waals surface area (Å²) in [6.07, 6.45) is 3.29. The first-order valence-corrected chi connectivity index (χ1v) is 6.65. The van der Waals surface area contributed by atoms with Gasteiger partial charge < -0.3 is 4.90 Å². The summed E-state index contributed by atoms with van der Waals surface area (Å²) in [6, 6.07) is 12.3. The van der Waals surface area contributed by atoms with Crippen LogP contribution in [-0.4, -0.2) is 28.7 Å². The van der Waals surface area contributed by atoms with Gasteiger partial charge >= 0.3 is 0 Å². The Balaban J connectivity index is 1.68. The van der Waals surface area contributed by atoms with Crippen LogP contribution in [0.4, 0.5) is 5.82 Å². The molecule has 19 heavy (non-hydrogen) atoms. The molecule has 0 radical (unpaired) electrons. The Morgan fingerprint density at radius 2 is 1.79 bits per heavy atom. The molecule has 1 aromatic heterocycles. The maximum Gasteiger partial charge on any atom is 0.150 e. The first-order valence-electron chi connectivity index (χ1n) is 6.65. The zero-order valence-electron chi connectivity index (χ0n) is 10.8. The number of Topliss-reactive ketones (excluding diaryl/α,β-unsaturated/α-hetero) is 1. The number of benzene rings is 1. The molecule has 1 fully saturated rings. The van der Waals surface area contributed by atoms with E-state index in [0.29, 0.717) is 18.6 Å². The van der Waals surface area contributed by atoms with Crippen molar-refractivity contribution < 1.29 is 4.79 Å². The third-order valence-electron chi connectivity index (χ3n) is 3.46. The van der Waals surface area contributed by atoms with Gasteiger partial charge in [-0.25, -0.2) is 0 Å². The van der Waals surface area contributed by atoms with E-state index in [4.69, 9.17) is 0 Å². The second kappa shape index (κ2) is 5.26. The molecule has 2 aromatic rings. The number of carbonyl (C=O) groups is 1. The van der Waals surface area contributed by atoms with Crippen LogP contribution in [0.25, 0.3) is 0 Å². The third kappa shape index (κ3) is 2.84. The van der Waals surface area contributed by atoms with Crippen LogP contribution in [0.3, 0.4) is 0 Å². The smallest absolute Gasteiger partial charge is 0.150 e. The molecule has 1 aliphatic rings. The largest absolute Gasteiger partial charge is 0.354 e. The number of hydrogen-bond donors (Lipinski definition) is 0. The van der Waals surface area contributed by atoms with E-state index in [1.54, 1.807) is 0 Å². The number of anilines is 1. The SMILES string of the molecule is O=C1CCN(c2ccn(Cc3ccccc3)n2)CC1. The molecule has 0 N–H and O–H groups in total. The molecular weight excluding hydrogens is 238 g/mol. The molecule has 0 spiro atoms. The Morgan fingerprint density at radius 1 is 1.05 bits per heavy atom. The van der Waals surface area contributed by atoms with Gasteiger partial charge in [-0.1, -0.05) is 30.3 Å². The molecule has 1 saturated heterocycles. The summed E-state index contributed by atoms with van der Waals surface area (Å²) in [5, 5.41) is 4.59. The van der Waals surface area contributed by atoms with Crippen LogP contribution in [-0.2, 0) is 11.3 Å². The van der Waals surface area contributed by atoms with Crippen LogP contribution in [0.2, 0.25) is 0 Å². The van der Waals surface area contributed by atoms with E-state index in [1.165, 1.54) is 5.56 Å². The lowest BCUT2D eigenvalue weighted by Crippen LogP contribution is -2.34. The normalized spacial score (nSPS) is 15.8. The molecule has 1 aromatic carbocycles. The summed E-state index contributed by atoms with van der Waals surface area (Å²) < 4.78 is 1.95. The fourth-order valence-corrected chi connectivity index (χ4v) is 2.36. The number of piperidine rings is 1. The van der Waals surface area contributed by atoms with Crippen molar-refractivity contribution in [3.63, 3.8) is 0 Å². The minimum absolute atomic E-state index is 0.361. The molecule has 1 aliphatic heterocycles. The van der Waals surface area contributed by atoms with Crippen molar-refractivity contribution in [2.45, 2.75) is 19.4 Å². The highest BCUT2D eigenvalue weighted by molar-refractivity contribution is 5.80. The van der Waals surface area contributed by atoms with E-state index >= 15 is 0 Å². The number of hydrogen-bond acceptors (Lipinski definition) is 3. The minimum atomic E-state index is 0.361. The second-order valence-corrected chi connectivity index (χ2v) is 4.88. The summed E-state index contributed by atoms with van der Waals surface area (Å²) >= 11 is 0. The van der Waals surface area contributed by atoms with Crippen LogP contribution < -0.4 is 4.90 Å². The molecule has 4 nitrogen and oxygen atoms in total. The highest BCUT2D eigenvalue weighted by Gasteiger charge is 2.17. The van der Waals surface area contributed by atoms with Gasteiger partial charge in [0.15, 0.2) is 5.82 Å². The first-order chi connectivity index (χ1) is 9.31. The van der Waals surface area contributed by atoms with Crippen LogP contribution in [0.15, 0.2) is 42.6 Å². The molecule has 0 unspecified atom stereocenters. The minimum Gasteiger partial charge on any atom is -0.354 e. The molecule has 0 aliphatic carbocycles. The number of nitrogens with zero attached hydrogens (tertiary/aromatic N) is 3. The van der Waals surface area contributed by atoms with Gasteiger partial charge in [-0.3, -0.25) is 9.48 Å². The molecule has 0 atom stereocenters. The van der Waals surface area contributed by atoms with Gasteiger partial charge in [-0.2, -0.15) is 5.10 Å². The number of aromatic nitrogens is 2. The highest BCUT2D eigenvalue weighted by atomic mass is 16.1. The number of rotatable bonds is 3. The Kier molecular flexibility index (Phi) is 3.31. The van der Waals surface area contributed by atoms with E-state index in [9.17, 15) is 4.79 Å². The van der Waals surface area contributed by atoms with Gasteiger partial charge in [0.05, 0.1) is 6.54 Å². The van der Waals surface area contributed by atoms with Gasteiger partial charge in [-0.05, 0) is 5.56 Å². The van der Waals surface area contributed by atoms with Crippen LogP contribution in [0, 0.1) is 0 Å². The van der Waals surface area contributed by atoms with Crippen molar-refractivity contribution in [1.82, 2.24) is 9.78 Å². The monoisotopic (exact) mass is 255 g/mol. The Morgan fingerprint density at radius 3 is 2.53 bits per heavy atom. The van der Waals surface area contributed by atoms with Crippen molar-refractivity contribution in [2.75, 3.05) is 18.0 Å². The summed E-state index contributed by atoms with van der Waals surface area (Å²) in [5.41, 5.74) is 1.24. The molecule has 4 heteroatoms. The summed E-state index contributed by atoms with van der Waals surface area (Å²) in [7, 11) is 0. The van der Waals surface area contributed by atoms with Crippen LogP contribution >= 0.6 is 0 Å². The first kappa shape index (κ1) is 12.0. The highest BCUT2D eigenvalue weighted by Crippen LogP contribution is 2.16. The quantitative estimate of drug-likeness (QED) is 0.843. The Hall–Kier alpha value is -2.10. The lowest BCUT2D eigenvalue weighted by Gasteiger charge is -2.25. The lowest BCUT2D eigenvalue weighted by molar-refractivity contribution is -0.119. The Labute approximate surface area is 112 Å². The van der Waals surface area contributed by atoms with E-state index in [-0.39, 0.29) is 0 Å². The van der Waals surface area contributed by atoms with Gasteiger partial charge in [0.1, 0.15) is 5.78 Å². The topological polar surface area (TPSA) is 38.1 Å². The molecule has 2 heterocycles. The van der Waals surface area contributed by atoms with Crippen molar-refractivity contribution in [3.8, 4) is 0 Å². The zero-order valence-corrected chi connectivity index (χ0v) is 10.8. The van der Waals surface area contributed by atoms with E-state index in [0.717, 1.165) is 25.5 Å². The summed E-state index contributed by atoms with van der Waals surface area (Å²) in [5.74, 6) is 1.34. The van der Waals surface area contributed by atoms with Gasteiger partial charge in [0.25, 0.3) is 0 Å². The van der Waals surface area contributed by atoms with E-state index in [1.807, 2.05) is 35.1 Å². The average Bonchev–Trinajstić information content (AvgIpc) is 2.89. The van der Waals surface area contributed by atoms with Gasteiger partial charge in [0.2, 0.25) is 0 Å². The maximum atomic E-state index is 11.2. The Bertz CT molecular complexity index is 552. The third-order valence-corrected chi connectivity index (χ3v) is 3.46. The molecule has 98 valence electrons. The van der Waals surface area contributed by atoms with Crippen molar-refractivity contribution in [1.29, 1.82) is 0 Å². The number of carbonyl (C=O) groups excluding carboxylic acids is 1. The average molecular weight is 255 g/mol.